The van der Waals surface area contributed by atoms with Crippen LogP contribution in [0.15, 0.2) is 0 Å². The molecule has 0 fully saturated rings. The second-order valence-electron chi connectivity index (χ2n) is 7.96. The predicted molar refractivity (Wildman–Crippen MR) is 96.4 cm³/mol. The largest absolute Gasteiger partial charge is 0.379 e. The van der Waals surface area contributed by atoms with Crippen LogP contribution in [0.3, 0.4) is 0 Å². The van der Waals surface area contributed by atoms with Crippen molar-refractivity contribution in [3.8, 4) is 0 Å². The molecule has 0 saturated carbocycles. The van der Waals surface area contributed by atoms with Gasteiger partial charge < -0.3 is 4.74 Å². The molecule has 0 aliphatic heterocycles. The fraction of sp³-hybridized carbons (Fsp3) is 1.00. The van der Waals surface area contributed by atoms with Crippen LogP contribution in [-0.4, -0.2) is 29.7 Å². The molecule has 0 aromatic heterocycles. The summed E-state index contributed by atoms with van der Waals surface area (Å²) in [5.41, 5.74) is -0.764. The highest BCUT2D eigenvalue weighted by Crippen LogP contribution is 2.29. The molecule has 0 spiro atoms. The van der Waals surface area contributed by atoms with E-state index in [4.69, 9.17) is 24.3 Å². The highest BCUT2D eigenvalue weighted by molar-refractivity contribution is 4.70. The zero-order valence-electron chi connectivity index (χ0n) is 17.4. The van der Waals surface area contributed by atoms with Gasteiger partial charge in [-0.05, 0) is 61.3 Å². The first-order chi connectivity index (χ1) is 11.0. The van der Waals surface area contributed by atoms with Gasteiger partial charge in [0.1, 0.15) is 0 Å². The van der Waals surface area contributed by atoms with E-state index in [1.165, 1.54) is 0 Å². The van der Waals surface area contributed by atoms with Gasteiger partial charge in [-0.3, -0.25) is 0 Å². The standard InChI is InChI=1S/C19H40O5/c1-10-13-17(5,6)21-23-19(9,15-16(4)20-12-3)24-22-18(7,8)14-11-2/h16H,10-15H2,1-9H3. The van der Waals surface area contributed by atoms with Crippen molar-refractivity contribution < 1.29 is 24.3 Å². The van der Waals surface area contributed by atoms with Gasteiger partial charge in [-0.25, -0.2) is 9.78 Å². The summed E-state index contributed by atoms with van der Waals surface area (Å²) in [5, 5.41) is 0. The molecule has 0 rings (SSSR count). The molecule has 146 valence electrons. The molecule has 1 unspecified atom stereocenters. The first-order valence-corrected chi connectivity index (χ1v) is 9.34. The summed E-state index contributed by atoms with van der Waals surface area (Å²) >= 11 is 0. The summed E-state index contributed by atoms with van der Waals surface area (Å²) in [6, 6.07) is 0. The van der Waals surface area contributed by atoms with Crippen LogP contribution in [0, 0.1) is 0 Å². The first kappa shape index (κ1) is 23.8. The molecule has 0 saturated heterocycles. The monoisotopic (exact) mass is 348 g/mol. The smallest absolute Gasteiger partial charge is 0.233 e. The highest BCUT2D eigenvalue weighted by Gasteiger charge is 2.36. The normalized spacial score (nSPS) is 14.9. The summed E-state index contributed by atoms with van der Waals surface area (Å²) in [6.07, 6.45) is 4.30. The van der Waals surface area contributed by atoms with Crippen molar-refractivity contribution in [1.82, 2.24) is 0 Å². The van der Waals surface area contributed by atoms with E-state index < -0.39 is 5.79 Å². The van der Waals surface area contributed by atoms with Crippen molar-refractivity contribution in [3.63, 3.8) is 0 Å². The van der Waals surface area contributed by atoms with Gasteiger partial charge in [0.25, 0.3) is 0 Å². The fourth-order valence-electron chi connectivity index (χ4n) is 2.64. The minimum atomic E-state index is -1.04. The maximum atomic E-state index is 5.71. The van der Waals surface area contributed by atoms with Gasteiger partial charge in [0, 0.05) is 13.0 Å². The third-order valence-electron chi connectivity index (χ3n) is 3.70. The second-order valence-corrected chi connectivity index (χ2v) is 7.96. The van der Waals surface area contributed by atoms with Crippen LogP contribution in [0.2, 0.25) is 0 Å². The maximum Gasteiger partial charge on any atom is 0.233 e. The van der Waals surface area contributed by atoms with E-state index >= 15 is 0 Å². The minimum absolute atomic E-state index is 0.0317. The van der Waals surface area contributed by atoms with Crippen LogP contribution < -0.4 is 0 Å². The van der Waals surface area contributed by atoms with Crippen LogP contribution in [0.25, 0.3) is 0 Å². The van der Waals surface area contributed by atoms with Gasteiger partial charge >= 0.3 is 0 Å². The van der Waals surface area contributed by atoms with E-state index in [0.29, 0.717) is 13.0 Å². The quantitative estimate of drug-likeness (QED) is 0.233. The van der Waals surface area contributed by atoms with Crippen molar-refractivity contribution in [2.75, 3.05) is 6.61 Å². The average molecular weight is 349 g/mol. The van der Waals surface area contributed by atoms with Crippen LogP contribution in [0.1, 0.15) is 94.4 Å². The Morgan fingerprint density at radius 2 is 1.12 bits per heavy atom. The zero-order valence-corrected chi connectivity index (χ0v) is 17.4. The van der Waals surface area contributed by atoms with Gasteiger partial charge in [0.15, 0.2) is 0 Å². The maximum absolute atomic E-state index is 5.71. The lowest BCUT2D eigenvalue weighted by Crippen LogP contribution is -2.42. The van der Waals surface area contributed by atoms with E-state index in [0.717, 1.165) is 25.7 Å². The molecule has 0 radical (unpaired) electrons. The lowest BCUT2D eigenvalue weighted by Gasteiger charge is -2.35. The van der Waals surface area contributed by atoms with E-state index in [1.807, 2.05) is 48.5 Å². The van der Waals surface area contributed by atoms with Crippen molar-refractivity contribution in [2.45, 2.75) is 118 Å². The molecule has 0 aliphatic carbocycles. The van der Waals surface area contributed by atoms with Crippen LogP contribution >= 0.6 is 0 Å². The van der Waals surface area contributed by atoms with Gasteiger partial charge in [0.2, 0.25) is 5.79 Å². The molecule has 0 heterocycles. The van der Waals surface area contributed by atoms with Gasteiger partial charge in [-0.2, -0.15) is 9.78 Å². The van der Waals surface area contributed by atoms with Gasteiger partial charge in [-0.1, -0.05) is 26.7 Å². The summed E-state index contributed by atoms with van der Waals surface area (Å²) in [6.45, 7) is 18.7. The summed E-state index contributed by atoms with van der Waals surface area (Å²) in [5.74, 6) is -1.04. The lowest BCUT2D eigenvalue weighted by molar-refractivity contribution is -0.542. The molecule has 1 atom stereocenters. The van der Waals surface area contributed by atoms with Gasteiger partial charge in [0.05, 0.1) is 17.3 Å². The minimum Gasteiger partial charge on any atom is -0.379 e. The van der Waals surface area contributed by atoms with E-state index in [2.05, 4.69) is 13.8 Å². The van der Waals surface area contributed by atoms with E-state index in [-0.39, 0.29) is 17.3 Å². The number of ether oxygens (including phenoxy) is 1. The Labute approximate surface area is 149 Å². The third-order valence-corrected chi connectivity index (χ3v) is 3.70. The third kappa shape index (κ3) is 10.6. The van der Waals surface area contributed by atoms with Crippen LogP contribution in [0.5, 0.6) is 0 Å². The zero-order chi connectivity index (χ0) is 18.9. The Kier molecular flexibility index (Phi) is 10.6. The average Bonchev–Trinajstić information content (AvgIpc) is 2.44. The molecular weight excluding hydrogens is 308 g/mol. The van der Waals surface area contributed by atoms with Crippen molar-refractivity contribution in [2.24, 2.45) is 0 Å². The molecule has 0 aromatic carbocycles. The molecule has 5 nitrogen and oxygen atoms in total. The second kappa shape index (κ2) is 10.7. The van der Waals surface area contributed by atoms with Crippen LogP contribution in [-0.2, 0) is 24.3 Å². The van der Waals surface area contributed by atoms with Crippen LogP contribution in [0.4, 0.5) is 0 Å². The molecule has 24 heavy (non-hydrogen) atoms. The summed E-state index contributed by atoms with van der Waals surface area (Å²) < 4.78 is 5.63. The number of hydrogen-bond donors (Lipinski definition) is 0. The lowest BCUT2D eigenvalue weighted by atomic mass is 10.0. The topological polar surface area (TPSA) is 46.2 Å². The molecule has 0 aliphatic rings. The van der Waals surface area contributed by atoms with Gasteiger partial charge in [-0.15, -0.1) is 0 Å². The molecule has 5 heteroatoms. The Bertz CT molecular complexity index is 306. The Hall–Kier alpha value is -0.200. The summed E-state index contributed by atoms with van der Waals surface area (Å²) in [4.78, 5) is 22.8. The van der Waals surface area contributed by atoms with Crippen molar-refractivity contribution >= 4 is 0 Å². The Morgan fingerprint density at radius 3 is 1.46 bits per heavy atom. The van der Waals surface area contributed by atoms with Crippen molar-refractivity contribution in [1.29, 1.82) is 0 Å². The summed E-state index contributed by atoms with van der Waals surface area (Å²) in [7, 11) is 0. The van der Waals surface area contributed by atoms with E-state index in [9.17, 15) is 0 Å². The first-order valence-electron chi connectivity index (χ1n) is 9.34. The van der Waals surface area contributed by atoms with Crippen molar-refractivity contribution in [3.05, 3.63) is 0 Å². The molecule has 0 amide bonds. The fourth-order valence-corrected chi connectivity index (χ4v) is 2.64. The molecular formula is C19H40O5. The molecule has 0 N–H and O–H groups in total. The van der Waals surface area contributed by atoms with E-state index in [1.54, 1.807) is 0 Å². The number of hydrogen-bond acceptors (Lipinski definition) is 5. The number of rotatable bonds is 14. The predicted octanol–water partition coefficient (Wildman–Crippen LogP) is 5.57. The Balaban J connectivity index is 4.87. The molecule has 0 bridgehead atoms. The Morgan fingerprint density at radius 1 is 0.708 bits per heavy atom. The molecule has 0 aromatic rings. The highest BCUT2D eigenvalue weighted by atomic mass is 17.3. The SMILES string of the molecule is CCCC(C)(C)OOC(C)(CC(C)OCC)OOC(C)(C)CCC.